The summed E-state index contributed by atoms with van der Waals surface area (Å²) in [6.45, 7) is 5.70. The number of carbonyl (C=O) groups excluding carboxylic acids is 1. The van der Waals surface area contributed by atoms with Gasteiger partial charge in [-0.15, -0.1) is 0 Å². The number of nitrogens with zero attached hydrogens (tertiary/aromatic N) is 1. The van der Waals surface area contributed by atoms with Gasteiger partial charge in [0.15, 0.2) is 0 Å². The molecular weight excluding hydrogens is 440 g/mol. The van der Waals surface area contributed by atoms with Gasteiger partial charge in [-0.2, -0.15) is 0 Å². The second-order valence-electron chi connectivity index (χ2n) is 6.90. The van der Waals surface area contributed by atoms with Crippen LogP contribution in [0, 0.1) is 0 Å². The number of benzene rings is 3. The Morgan fingerprint density at radius 3 is 2.30 bits per heavy atom. The third-order valence-electron chi connectivity index (χ3n) is 4.56. The average Bonchev–Trinajstić information content (AvgIpc) is 2.83. The van der Waals surface area contributed by atoms with E-state index >= 15 is 0 Å². The molecule has 0 bridgehead atoms. The van der Waals surface area contributed by atoms with E-state index in [4.69, 9.17) is 9.47 Å². The van der Waals surface area contributed by atoms with Crippen LogP contribution in [0.5, 0.6) is 11.5 Å². The summed E-state index contributed by atoms with van der Waals surface area (Å²) >= 11 is 0. The maximum absolute atomic E-state index is 13.5. The second-order valence-corrected chi connectivity index (χ2v) is 8.76. The van der Waals surface area contributed by atoms with E-state index in [1.807, 2.05) is 6.92 Å². The van der Waals surface area contributed by atoms with E-state index < -0.39 is 22.5 Å². The molecule has 3 aromatic carbocycles. The molecule has 0 fully saturated rings. The summed E-state index contributed by atoms with van der Waals surface area (Å²) in [5.41, 5.74) is 0.799. The first-order valence-corrected chi connectivity index (χ1v) is 11.8. The Balaban J connectivity index is 1.89. The van der Waals surface area contributed by atoms with Crippen LogP contribution in [0.4, 0.5) is 11.4 Å². The van der Waals surface area contributed by atoms with Crippen LogP contribution < -0.4 is 19.1 Å². The third-order valence-corrected chi connectivity index (χ3v) is 6.33. The number of para-hydroxylation sites is 2. The highest BCUT2D eigenvalue weighted by molar-refractivity contribution is 7.92. The Kier molecular flexibility index (Phi) is 8.10. The van der Waals surface area contributed by atoms with Crippen molar-refractivity contribution in [2.45, 2.75) is 11.8 Å². The normalized spacial score (nSPS) is 10.8. The van der Waals surface area contributed by atoms with Crippen LogP contribution in [0.25, 0.3) is 0 Å². The van der Waals surface area contributed by atoms with Gasteiger partial charge in [0.05, 0.1) is 17.2 Å². The van der Waals surface area contributed by atoms with E-state index in [2.05, 4.69) is 11.9 Å². The Hall–Kier alpha value is -3.78. The van der Waals surface area contributed by atoms with E-state index in [0.717, 1.165) is 4.31 Å². The molecule has 0 aliphatic heterocycles. The first-order chi connectivity index (χ1) is 16.0. The van der Waals surface area contributed by atoms with Gasteiger partial charge < -0.3 is 14.8 Å². The highest BCUT2D eigenvalue weighted by atomic mass is 32.2. The monoisotopic (exact) mass is 466 g/mol. The molecule has 8 heteroatoms. The minimum Gasteiger partial charge on any atom is -0.492 e. The second kappa shape index (κ2) is 11.2. The Bertz CT molecular complexity index is 1180. The van der Waals surface area contributed by atoms with E-state index in [9.17, 15) is 13.2 Å². The molecule has 3 rings (SSSR count). The number of hydrogen-bond donors (Lipinski definition) is 1. The number of amides is 1. The molecule has 0 unspecified atom stereocenters. The lowest BCUT2D eigenvalue weighted by Crippen LogP contribution is -2.38. The fourth-order valence-corrected chi connectivity index (χ4v) is 4.53. The lowest BCUT2D eigenvalue weighted by molar-refractivity contribution is -0.114. The van der Waals surface area contributed by atoms with Crippen molar-refractivity contribution in [3.63, 3.8) is 0 Å². The van der Waals surface area contributed by atoms with Crippen molar-refractivity contribution in [2.24, 2.45) is 0 Å². The zero-order chi connectivity index (χ0) is 23.7. The van der Waals surface area contributed by atoms with E-state index in [1.165, 1.54) is 12.1 Å². The number of ether oxygens (including phenoxy) is 2. The van der Waals surface area contributed by atoms with Crippen LogP contribution in [0.15, 0.2) is 96.4 Å². The molecule has 1 N–H and O–H groups in total. The topological polar surface area (TPSA) is 84.9 Å². The minimum absolute atomic E-state index is 0.0767. The van der Waals surface area contributed by atoms with Gasteiger partial charge in [-0.05, 0) is 55.5 Å². The predicted octanol–water partition coefficient (Wildman–Crippen LogP) is 4.48. The van der Waals surface area contributed by atoms with Gasteiger partial charge in [0.1, 0.15) is 24.7 Å². The Labute approximate surface area is 194 Å². The van der Waals surface area contributed by atoms with Crippen molar-refractivity contribution in [3.05, 3.63) is 91.5 Å². The zero-order valence-electron chi connectivity index (χ0n) is 18.3. The standard InChI is InChI=1S/C25H26N2O5S/c1-3-18-32-21-16-14-20(15-17-21)26-25(28)19-27(23-12-8-9-13-24(23)31-4-2)33(29,30)22-10-6-5-7-11-22/h3,5-17H,1,4,18-19H2,2H3,(H,26,28). The van der Waals surface area contributed by atoms with Gasteiger partial charge in [-0.1, -0.05) is 43.0 Å². The van der Waals surface area contributed by atoms with Crippen LogP contribution in [0.3, 0.4) is 0 Å². The molecule has 0 aromatic heterocycles. The van der Waals surface area contributed by atoms with Crippen LogP contribution >= 0.6 is 0 Å². The fourth-order valence-electron chi connectivity index (χ4n) is 3.08. The molecule has 0 radical (unpaired) electrons. The van der Waals surface area contributed by atoms with Crippen molar-refractivity contribution in [1.29, 1.82) is 0 Å². The first-order valence-electron chi connectivity index (χ1n) is 10.4. The Morgan fingerprint density at radius 1 is 0.970 bits per heavy atom. The van der Waals surface area contributed by atoms with Crippen molar-refractivity contribution >= 4 is 27.3 Å². The summed E-state index contributed by atoms with van der Waals surface area (Å²) in [5, 5.41) is 2.74. The fraction of sp³-hybridized carbons (Fsp3) is 0.160. The molecule has 0 aliphatic carbocycles. The molecule has 33 heavy (non-hydrogen) atoms. The highest BCUT2D eigenvalue weighted by Gasteiger charge is 2.29. The minimum atomic E-state index is -4.04. The van der Waals surface area contributed by atoms with Crippen molar-refractivity contribution in [1.82, 2.24) is 0 Å². The molecule has 0 spiro atoms. The lowest BCUT2D eigenvalue weighted by Gasteiger charge is -2.26. The van der Waals surface area contributed by atoms with Gasteiger partial charge in [-0.25, -0.2) is 8.42 Å². The molecule has 0 heterocycles. The molecule has 0 aliphatic rings. The van der Waals surface area contributed by atoms with Crippen molar-refractivity contribution in [2.75, 3.05) is 29.4 Å². The molecule has 0 saturated carbocycles. The van der Waals surface area contributed by atoms with Crippen LogP contribution in [-0.2, 0) is 14.8 Å². The summed E-state index contributed by atoms with van der Waals surface area (Å²) in [7, 11) is -4.04. The summed E-state index contributed by atoms with van der Waals surface area (Å²) in [6.07, 6.45) is 1.64. The number of hydrogen-bond acceptors (Lipinski definition) is 5. The highest BCUT2D eigenvalue weighted by Crippen LogP contribution is 2.32. The number of anilines is 2. The van der Waals surface area contributed by atoms with Crippen molar-refractivity contribution < 1.29 is 22.7 Å². The number of rotatable bonds is 11. The number of sulfonamides is 1. The third kappa shape index (κ3) is 6.14. The predicted molar refractivity (Wildman–Crippen MR) is 129 cm³/mol. The Morgan fingerprint density at radius 2 is 1.64 bits per heavy atom. The summed E-state index contributed by atoms with van der Waals surface area (Å²) in [4.78, 5) is 13.0. The van der Waals surface area contributed by atoms with Gasteiger partial charge in [-0.3, -0.25) is 9.10 Å². The molecule has 0 atom stereocenters. The maximum atomic E-state index is 13.5. The first kappa shape index (κ1) is 23.9. The number of carbonyl (C=O) groups is 1. The van der Waals surface area contributed by atoms with Crippen LogP contribution in [-0.4, -0.2) is 34.1 Å². The molecule has 7 nitrogen and oxygen atoms in total. The quantitative estimate of drug-likeness (QED) is 0.421. The number of nitrogens with one attached hydrogen (secondary N) is 1. The summed E-state index contributed by atoms with van der Waals surface area (Å²) in [6, 6.07) is 21.5. The molecule has 1 amide bonds. The zero-order valence-corrected chi connectivity index (χ0v) is 19.1. The summed E-state index contributed by atoms with van der Waals surface area (Å²) < 4.78 is 39.1. The lowest BCUT2D eigenvalue weighted by atomic mass is 10.3. The maximum Gasteiger partial charge on any atom is 0.264 e. The SMILES string of the molecule is C=CCOc1ccc(NC(=O)CN(c2ccccc2OCC)S(=O)(=O)c2ccccc2)cc1. The van der Waals surface area contributed by atoms with E-state index in [-0.39, 0.29) is 10.6 Å². The molecule has 0 saturated heterocycles. The van der Waals surface area contributed by atoms with Crippen LogP contribution in [0.1, 0.15) is 6.92 Å². The van der Waals surface area contributed by atoms with Gasteiger partial charge in [0.25, 0.3) is 10.0 Å². The van der Waals surface area contributed by atoms with Gasteiger partial charge in [0.2, 0.25) is 5.91 Å². The van der Waals surface area contributed by atoms with E-state index in [0.29, 0.717) is 30.4 Å². The largest absolute Gasteiger partial charge is 0.492 e. The molecule has 3 aromatic rings. The smallest absolute Gasteiger partial charge is 0.264 e. The molecule has 172 valence electrons. The molecular formula is C25H26N2O5S. The van der Waals surface area contributed by atoms with Crippen LogP contribution in [0.2, 0.25) is 0 Å². The van der Waals surface area contributed by atoms with Gasteiger partial charge in [0, 0.05) is 5.69 Å². The van der Waals surface area contributed by atoms with Crippen molar-refractivity contribution in [3.8, 4) is 11.5 Å². The average molecular weight is 467 g/mol. The van der Waals surface area contributed by atoms with E-state index in [1.54, 1.807) is 72.8 Å². The van der Waals surface area contributed by atoms with Gasteiger partial charge >= 0.3 is 0 Å². The summed E-state index contributed by atoms with van der Waals surface area (Å²) in [5.74, 6) is 0.503.